The molecule has 0 aliphatic rings. The Morgan fingerprint density at radius 2 is 1.47 bits per heavy atom. The van der Waals surface area contributed by atoms with Gasteiger partial charge in [0.25, 0.3) is 0 Å². The molecule has 0 unspecified atom stereocenters. The van der Waals surface area contributed by atoms with Gasteiger partial charge in [0.15, 0.2) is 0 Å². The minimum Gasteiger partial charge on any atom is -0.466 e. The molecule has 0 saturated heterocycles. The average Bonchev–Trinajstić information content (AvgIpc) is 2.41. The van der Waals surface area contributed by atoms with Crippen molar-refractivity contribution in [3.05, 3.63) is 12.2 Å². The van der Waals surface area contributed by atoms with Crippen molar-refractivity contribution in [2.75, 3.05) is 13.2 Å². The number of esters is 2. The van der Waals surface area contributed by atoms with Crippen molar-refractivity contribution in [2.24, 2.45) is 0 Å². The molecule has 0 aliphatic heterocycles. The zero-order chi connectivity index (χ0) is 14.3. The fourth-order valence-electron chi connectivity index (χ4n) is 1.42. The zero-order valence-electron chi connectivity index (χ0n) is 12.2. The molecule has 0 aromatic rings. The van der Waals surface area contributed by atoms with Crippen molar-refractivity contribution in [3.63, 3.8) is 0 Å². The van der Waals surface area contributed by atoms with Crippen LogP contribution < -0.4 is 0 Å². The van der Waals surface area contributed by atoms with E-state index in [4.69, 9.17) is 9.47 Å². The van der Waals surface area contributed by atoms with E-state index in [0.717, 1.165) is 19.3 Å². The molecular weight excluding hydrogens is 244 g/mol. The molecule has 0 spiro atoms. The van der Waals surface area contributed by atoms with Crippen LogP contribution >= 0.6 is 0 Å². The summed E-state index contributed by atoms with van der Waals surface area (Å²) in [5, 5.41) is 0. The predicted molar refractivity (Wildman–Crippen MR) is 74.7 cm³/mol. The molecule has 0 rings (SSSR count). The van der Waals surface area contributed by atoms with E-state index in [-0.39, 0.29) is 11.9 Å². The maximum atomic E-state index is 11.3. The van der Waals surface area contributed by atoms with Crippen LogP contribution in [0.25, 0.3) is 0 Å². The van der Waals surface area contributed by atoms with Crippen LogP contribution in [0.15, 0.2) is 12.2 Å². The van der Waals surface area contributed by atoms with Crippen LogP contribution in [0.3, 0.4) is 0 Å². The second-order valence-electron chi connectivity index (χ2n) is 4.32. The molecule has 0 fully saturated rings. The smallest absolute Gasteiger partial charge is 0.305 e. The highest BCUT2D eigenvalue weighted by Gasteiger charge is 2.05. The minimum atomic E-state index is -0.188. The van der Waals surface area contributed by atoms with Gasteiger partial charge in [-0.05, 0) is 32.1 Å². The van der Waals surface area contributed by atoms with E-state index in [1.54, 1.807) is 0 Å². The van der Waals surface area contributed by atoms with Crippen molar-refractivity contribution < 1.29 is 19.1 Å². The van der Waals surface area contributed by atoms with Gasteiger partial charge in [0.2, 0.25) is 0 Å². The van der Waals surface area contributed by atoms with Crippen LogP contribution in [0.1, 0.15) is 58.8 Å². The van der Waals surface area contributed by atoms with Gasteiger partial charge in [0, 0.05) is 12.8 Å². The zero-order valence-corrected chi connectivity index (χ0v) is 12.2. The van der Waals surface area contributed by atoms with Crippen LogP contribution in [0.2, 0.25) is 0 Å². The summed E-state index contributed by atoms with van der Waals surface area (Å²) in [6, 6.07) is 0. The Bertz CT molecular complexity index is 271. The number of carbonyl (C=O) groups is 2. The number of allylic oxidation sites excluding steroid dienone is 1. The van der Waals surface area contributed by atoms with Crippen molar-refractivity contribution >= 4 is 11.9 Å². The van der Waals surface area contributed by atoms with Crippen molar-refractivity contribution in [1.82, 2.24) is 0 Å². The molecule has 0 aliphatic carbocycles. The van der Waals surface area contributed by atoms with Crippen molar-refractivity contribution in [1.29, 1.82) is 0 Å². The molecule has 0 radical (unpaired) electrons. The van der Waals surface area contributed by atoms with E-state index in [1.165, 1.54) is 0 Å². The summed E-state index contributed by atoms with van der Waals surface area (Å²) in [5.41, 5.74) is 0. The summed E-state index contributed by atoms with van der Waals surface area (Å²) >= 11 is 0. The SMILES string of the molecule is CC/C=C\CCOC(=O)CCCCC(=O)OCCC. The van der Waals surface area contributed by atoms with E-state index >= 15 is 0 Å². The van der Waals surface area contributed by atoms with Crippen LogP contribution in [0.5, 0.6) is 0 Å². The monoisotopic (exact) mass is 270 g/mol. The van der Waals surface area contributed by atoms with Gasteiger partial charge >= 0.3 is 11.9 Å². The van der Waals surface area contributed by atoms with Gasteiger partial charge in [-0.3, -0.25) is 9.59 Å². The molecule has 0 atom stereocenters. The van der Waals surface area contributed by atoms with Gasteiger partial charge in [-0.15, -0.1) is 0 Å². The third kappa shape index (κ3) is 12.9. The first-order valence-electron chi connectivity index (χ1n) is 7.16. The number of ether oxygens (including phenoxy) is 2. The van der Waals surface area contributed by atoms with Crippen LogP contribution in [0, 0.1) is 0 Å². The Kier molecular flexibility index (Phi) is 12.2. The summed E-state index contributed by atoms with van der Waals surface area (Å²) < 4.78 is 9.99. The molecule has 4 nitrogen and oxygen atoms in total. The molecule has 0 N–H and O–H groups in total. The molecule has 0 bridgehead atoms. The molecule has 0 aromatic heterocycles. The normalized spacial score (nSPS) is 10.6. The Labute approximate surface area is 116 Å². The molecule has 0 saturated carbocycles. The molecule has 0 amide bonds. The third-order valence-electron chi connectivity index (χ3n) is 2.43. The number of rotatable bonds is 11. The second kappa shape index (κ2) is 13.1. The van der Waals surface area contributed by atoms with Gasteiger partial charge in [-0.1, -0.05) is 26.0 Å². The first-order valence-corrected chi connectivity index (χ1v) is 7.16. The molecule has 110 valence electrons. The topological polar surface area (TPSA) is 52.6 Å². The maximum Gasteiger partial charge on any atom is 0.305 e. The molecule has 0 heterocycles. The molecule has 4 heteroatoms. The van der Waals surface area contributed by atoms with Crippen LogP contribution in [0.4, 0.5) is 0 Å². The number of hydrogen-bond donors (Lipinski definition) is 0. The number of hydrogen-bond acceptors (Lipinski definition) is 4. The average molecular weight is 270 g/mol. The lowest BCUT2D eigenvalue weighted by atomic mass is 10.2. The van der Waals surface area contributed by atoms with E-state index < -0.39 is 0 Å². The van der Waals surface area contributed by atoms with Crippen LogP contribution in [-0.2, 0) is 19.1 Å². The Hall–Kier alpha value is -1.32. The van der Waals surface area contributed by atoms with Gasteiger partial charge in [-0.2, -0.15) is 0 Å². The molecular formula is C15H26O4. The van der Waals surface area contributed by atoms with E-state index in [9.17, 15) is 9.59 Å². The third-order valence-corrected chi connectivity index (χ3v) is 2.43. The van der Waals surface area contributed by atoms with Crippen LogP contribution in [-0.4, -0.2) is 25.2 Å². The highest BCUT2D eigenvalue weighted by molar-refractivity contribution is 5.70. The van der Waals surface area contributed by atoms with E-state index in [0.29, 0.717) is 38.9 Å². The largest absolute Gasteiger partial charge is 0.466 e. The summed E-state index contributed by atoms with van der Waals surface area (Å²) in [7, 11) is 0. The summed E-state index contributed by atoms with van der Waals surface area (Å²) in [6.45, 7) is 4.94. The Morgan fingerprint density at radius 3 is 2.00 bits per heavy atom. The summed E-state index contributed by atoms with van der Waals surface area (Å²) in [4.78, 5) is 22.5. The quantitative estimate of drug-likeness (QED) is 0.328. The van der Waals surface area contributed by atoms with Crippen molar-refractivity contribution in [3.8, 4) is 0 Å². The lowest BCUT2D eigenvalue weighted by Gasteiger charge is -2.04. The standard InChI is InChI=1S/C15H26O4/c1-3-5-6-9-13-19-15(17)11-8-7-10-14(16)18-12-4-2/h5-6H,3-4,7-13H2,1-2H3/b6-5-. The highest BCUT2D eigenvalue weighted by Crippen LogP contribution is 2.03. The first kappa shape index (κ1) is 17.7. The maximum absolute atomic E-state index is 11.3. The van der Waals surface area contributed by atoms with Gasteiger partial charge in [-0.25, -0.2) is 0 Å². The fraction of sp³-hybridized carbons (Fsp3) is 0.733. The number of unbranched alkanes of at least 4 members (excludes halogenated alkanes) is 1. The number of carbonyl (C=O) groups excluding carboxylic acids is 2. The predicted octanol–water partition coefficient (Wildman–Crippen LogP) is 3.40. The lowest BCUT2D eigenvalue weighted by Crippen LogP contribution is -2.07. The summed E-state index contributed by atoms with van der Waals surface area (Å²) in [5.74, 6) is -0.369. The Morgan fingerprint density at radius 1 is 0.895 bits per heavy atom. The van der Waals surface area contributed by atoms with Gasteiger partial charge in [0.1, 0.15) is 0 Å². The minimum absolute atomic E-state index is 0.181. The first-order chi connectivity index (χ1) is 9.20. The lowest BCUT2D eigenvalue weighted by molar-refractivity contribution is -0.145. The Balaban J connectivity index is 3.38. The molecule has 0 aromatic carbocycles. The highest BCUT2D eigenvalue weighted by atomic mass is 16.5. The summed E-state index contributed by atoms with van der Waals surface area (Å²) in [6.07, 6.45) is 8.77. The van der Waals surface area contributed by atoms with Crippen molar-refractivity contribution in [2.45, 2.75) is 58.8 Å². The fourth-order valence-corrected chi connectivity index (χ4v) is 1.42. The molecule has 19 heavy (non-hydrogen) atoms. The van der Waals surface area contributed by atoms with E-state index in [2.05, 4.69) is 13.0 Å². The van der Waals surface area contributed by atoms with E-state index in [1.807, 2.05) is 13.0 Å². The van der Waals surface area contributed by atoms with Gasteiger partial charge in [0.05, 0.1) is 13.2 Å². The van der Waals surface area contributed by atoms with Gasteiger partial charge < -0.3 is 9.47 Å². The second-order valence-corrected chi connectivity index (χ2v) is 4.32.